The van der Waals surface area contributed by atoms with Crippen LogP contribution >= 0.6 is 0 Å². The highest BCUT2D eigenvalue weighted by molar-refractivity contribution is 5.97. The van der Waals surface area contributed by atoms with E-state index in [0.29, 0.717) is 12.2 Å². The van der Waals surface area contributed by atoms with Crippen molar-refractivity contribution >= 4 is 5.78 Å². The molecule has 0 bridgehead atoms. The van der Waals surface area contributed by atoms with Crippen LogP contribution in [0.2, 0.25) is 0 Å². The Balaban J connectivity index is 1.76. The molecule has 0 aliphatic carbocycles. The van der Waals surface area contributed by atoms with Crippen molar-refractivity contribution in [3.8, 4) is 5.75 Å². The number of methoxy groups -OCH3 is 1. The number of ether oxygens (including phenoxy) is 3. The van der Waals surface area contributed by atoms with Crippen LogP contribution in [0.25, 0.3) is 0 Å². The molecule has 1 aromatic carbocycles. The van der Waals surface area contributed by atoms with Gasteiger partial charge in [-0.05, 0) is 37.1 Å². The molecule has 18 heavy (non-hydrogen) atoms. The number of hydrogen-bond donors (Lipinski definition) is 0. The van der Waals surface area contributed by atoms with Crippen molar-refractivity contribution in [1.82, 2.24) is 0 Å². The Kier molecular flexibility index (Phi) is 4.73. The van der Waals surface area contributed by atoms with Gasteiger partial charge in [0.25, 0.3) is 0 Å². The van der Waals surface area contributed by atoms with Crippen molar-refractivity contribution in [2.45, 2.75) is 18.9 Å². The van der Waals surface area contributed by atoms with Gasteiger partial charge in [0, 0.05) is 12.2 Å². The summed E-state index contributed by atoms with van der Waals surface area (Å²) in [6, 6.07) is 7.04. The van der Waals surface area contributed by atoms with Crippen LogP contribution in [0.3, 0.4) is 0 Å². The number of carbonyl (C=O) groups excluding carboxylic acids is 1. The molecule has 1 atom stereocenters. The van der Waals surface area contributed by atoms with Gasteiger partial charge in [-0.3, -0.25) is 4.79 Å². The Labute approximate surface area is 107 Å². The van der Waals surface area contributed by atoms with Gasteiger partial charge in [0.1, 0.15) is 12.4 Å². The van der Waals surface area contributed by atoms with Crippen LogP contribution in [-0.2, 0) is 9.47 Å². The maximum atomic E-state index is 11.8. The molecular formula is C14H18O4. The molecule has 0 spiro atoms. The van der Waals surface area contributed by atoms with Gasteiger partial charge in [0.15, 0.2) is 5.78 Å². The molecule has 1 heterocycles. The summed E-state index contributed by atoms with van der Waals surface area (Å²) in [5.74, 6) is 0.725. The van der Waals surface area contributed by atoms with Crippen molar-refractivity contribution in [2.24, 2.45) is 0 Å². The lowest BCUT2D eigenvalue weighted by Gasteiger charge is -2.09. The second-order valence-corrected chi connectivity index (χ2v) is 4.30. The van der Waals surface area contributed by atoms with E-state index in [0.717, 1.165) is 25.2 Å². The maximum Gasteiger partial charge on any atom is 0.188 e. The molecule has 0 N–H and O–H groups in total. The summed E-state index contributed by atoms with van der Waals surface area (Å²) >= 11 is 0. The van der Waals surface area contributed by atoms with Gasteiger partial charge >= 0.3 is 0 Å². The van der Waals surface area contributed by atoms with E-state index in [9.17, 15) is 4.79 Å². The molecule has 1 unspecified atom stereocenters. The summed E-state index contributed by atoms with van der Waals surface area (Å²) in [6.07, 6.45) is 2.27. The minimum absolute atomic E-state index is 0.0179. The van der Waals surface area contributed by atoms with Crippen molar-refractivity contribution in [3.63, 3.8) is 0 Å². The summed E-state index contributed by atoms with van der Waals surface area (Å²) in [7, 11) is 1.60. The fraction of sp³-hybridized carbons (Fsp3) is 0.500. The number of ketones is 1. The molecule has 1 aliphatic rings. The topological polar surface area (TPSA) is 44.8 Å². The van der Waals surface area contributed by atoms with E-state index in [4.69, 9.17) is 14.2 Å². The average Bonchev–Trinajstić information content (AvgIpc) is 2.92. The lowest BCUT2D eigenvalue weighted by atomic mass is 10.1. The largest absolute Gasteiger partial charge is 0.497 e. The Morgan fingerprint density at radius 3 is 2.78 bits per heavy atom. The molecule has 98 valence electrons. The average molecular weight is 250 g/mol. The zero-order chi connectivity index (χ0) is 12.8. The molecule has 4 nitrogen and oxygen atoms in total. The summed E-state index contributed by atoms with van der Waals surface area (Å²) < 4.78 is 15.8. The third-order valence-corrected chi connectivity index (χ3v) is 2.97. The van der Waals surface area contributed by atoms with E-state index in [1.807, 2.05) is 0 Å². The van der Waals surface area contributed by atoms with E-state index in [2.05, 4.69) is 0 Å². The van der Waals surface area contributed by atoms with Gasteiger partial charge < -0.3 is 14.2 Å². The van der Waals surface area contributed by atoms with Crippen LogP contribution in [0.1, 0.15) is 23.2 Å². The Morgan fingerprint density at radius 2 is 2.17 bits per heavy atom. The predicted molar refractivity (Wildman–Crippen MR) is 67.1 cm³/mol. The van der Waals surface area contributed by atoms with E-state index in [-0.39, 0.29) is 18.5 Å². The second-order valence-electron chi connectivity index (χ2n) is 4.30. The molecule has 1 aliphatic heterocycles. The number of carbonyl (C=O) groups is 1. The molecule has 1 aromatic rings. The Bertz CT molecular complexity index is 379. The van der Waals surface area contributed by atoms with Gasteiger partial charge in [-0.15, -0.1) is 0 Å². The monoisotopic (exact) mass is 250 g/mol. The third kappa shape index (κ3) is 3.55. The smallest absolute Gasteiger partial charge is 0.188 e. The SMILES string of the molecule is COc1ccc(C(=O)COCC2CCCO2)cc1. The van der Waals surface area contributed by atoms with Gasteiger partial charge in [0.2, 0.25) is 0 Å². The maximum absolute atomic E-state index is 11.8. The Morgan fingerprint density at radius 1 is 1.39 bits per heavy atom. The molecule has 0 radical (unpaired) electrons. The normalized spacial score (nSPS) is 18.8. The van der Waals surface area contributed by atoms with Crippen molar-refractivity contribution < 1.29 is 19.0 Å². The lowest BCUT2D eigenvalue weighted by Crippen LogP contribution is -2.18. The summed E-state index contributed by atoms with van der Waals surface area (Å²) in [5, 5.41) is 0. The minimum Gasteiger partial charge on any atom is -0.497 e. The fourth-order valence-electron chi connectivity index (χ4n) is 1.92. The fourth-order valence-corrected chi connectivity index (χ4v) is 1.92. The molecule has 0 amide bonds. The second kappa shape index (κ2) is 6.52. The van der Waals surface area contributed by atoms with Crippen molar-refractivity contribution in [3.05, 3.63) is 29.8 Å². The molecule has 0 aromatic heterocycles. The molecule has 1 fully saturated rings. The number of hydrogen-bond acceptors (Lipinski definition) is 4. The van der Waals surface area contributed by atoms with Crippen LogP contribution in [-0.4, -0.2) is 38.8 Å². The lowest BCUT2D eigenvalue weighted by molar-refractivity contribution is 0.0190. The van der Waals surface area contributed by atoms with E-state index in [1.165, 1.54) is 0 Å². The zero-order valence-electron chi connectivity index (χ0n) is 10.6. The highest BCUT2D eigenvalue weighted by atomic mass is 16.5. The standard InChI is InChI=1S/C14H18O4/c1-16-12-6-4-11(5-7-12)14(15)10-17-9-13-3-2-8-18-13/h4-7,13H,2-3,8-10H2,1H3. The first-order valence-electron chi connectivity index (χ1n) is 6.16. The molecule has 4 heteroatoms. The Hall–Kier alpha value is -1.39. The van der Waals surface area contributed by atoms with Gasteiger partial charge in [0.05, 0.1) is 19.8 Å². The summed E-state index contributed by atoms with van der Waals surface area (Å²) in [5.41, 5.74) is 0.642. The highest BCUT2D eigenvalue weighted by Gasteiger charge is 2.16. The van der Waals surface area contributed by atoms with Crippen LogP contribution in [0, 0.1) is 0 Å². The van der Waals surface area contributed by atoms with E-state index < -0.39 is 0 Å². The van der Waals surface area contributed by atoms with Crippen LogP contribution in [0.4, 0.5) is 0 Å². The number of benzene rings is 1. The van der Waals surface area contributed by atoms with Crippen LogP contribution in [0.5, 0.6) is 5.75 Å². The summed E-state index contributed by atoms with van der Waals surface area (Å²) in [6.45, 7) is 1.41. The molecular weight excluding hydrogens is 232 g/mol. The number of Topliss-reactive ketones (excluding diaryl/α,β-unsaturated/α-hetero) is 1. The first kappa shape index (κ1) is 13.1. The minimum atomic E-state index is -0.0179. The van der Waals surface area contributed by atoms with E-state index >= 15 is 0 Å². The molecule has 0 saturated carbocycles. The first-order valence-corrected chi connectivity index (χ1v) is 6.16. The van der Waals surface area contributed by atoms with Gasteiger partial charge in [-0.1, -0.05) is 0 Å². The van der Waals surface area contributed by atoms with Crippen molar-refractivity contribution in [2.75, 3.05) is 26.9 Å². The third-order valence-electron chi connectivity index (χ3n) is 2.97. The van der Waals surface area contributed by atoms with Crippen LogP contribution in [0.15, 0.2) is 24.3 Å². The quantitative estimate of drug-likeness (QED) is 0.725. The predicted octanol–water partition coefficient (Wildman–Crippen LogP) is 2.07. The summed E-state index contributed by atoms with van der Waals surface area (Å²) in [4.78, 5) is 11.8. The molecule has 1 saturated heterocycles. The van der Waals surface area contributed by atoms with Gasteiger partial charge in [-0.25, -0.2) is 0 Å². The molecule has 2 rings (SSSR count). The van der Waals surface area contributed by atoms with Crippen molar-refractivity contribution in [1.29, 1.82) is 0 Å². The first-order chi connectivity index (χ1) is 8.79. The van der Waals surface area contributed by atoms with Gasteiger partial charge in [-0.2, -0.15) is 0 Å². The zero-order valence-corrected chi connectivity index (χ0v) is 10.6. The highest BCUT2D eigenvalue weighted by Crippen LogP contribution is 2.13. The van der Waals surface area contributed by atoms with E-state index in [1.54, 1.807) is 31.4 Å². The number of rotatable bonds is 6. The van der Waals surface area contributed by atoms with Crippen LogP contribution < -0.4 is 4.74 Å².